The van der Waals surface area contributed by atoms with E-state index in [9.17, 15) is 9.59 Å². The number of nitrogens with two attached hydrogens (primary N) is 1. The van der Waals surface area contributed by atoms with E-state index in [1.54, 1.807) is 41.3 Å². The van der Waals surface area contributed by atoms with Crippen molar-refractivity contribution in [2.75, 3.05) is 31.1 Å². The molecule has 144 valence electrons. The van der Waals surface area contributed by atoms with Crippen LogP contribution in [0.15, 0.2) is 36.4 Å². The molecular weight excluding hydrogens is 401 g/mol. The molecule has 1 aliphatic rings. The number of fused-ring (bicyclic) bond motifs is 1. The van der Waals surface area contributed by atoms with Gasteiger partial charge in [-0.1, -0.05) is 23.2 Å². The van der Waals surface area contributed by atoms with Crippen LogP contribution in [0.25, 0.3) is 11.0 Å². The van der Waals surface area contributed by atoms with Crippen LogP contribution < -0.4 is 10.6 Å². The van der Waals surface area contributed by atoms with Crippen LogP contribution in [0.1, 0.15) is 20.7 Å². The molecule has 4 rings (SSSR count). The van der Waals surface area contributed by atoms with Crippen LogP contribution in [0, 0.1) is 0 Å². The number of imidazole rings is 1. The van der Waals surface area contributed by atoms with Crippen LogP contribution in [0.5, 0.6) is 0 Å². The predicted molar refractivity (Wildman–Crippen MR) is 109 cm³/mol. The Kier molecular flexibility index (Phi) is 4.87. The molecule has 7 nitrogen and oxygen atoms in total. The average Bonchev–Trinajstić information content (AvgIpc) is 3.13. The summed E-state index contributed by atoms with van der Waals surface area (Å²) in [5.41, 5.74) is 7.79. The van der Waals surface area contributed by atoms with Gasteiger partial charge in [-0.15, -0.1) is 0 Å². The molecule has 0 aliphatic carbocycles. The number of halogens is 2. The predicted octanol–water partition coefficient (Wildman–Crippen LogP) is 2.93. The number of aromatic nitrogens is 2. The number of aromatic amines is 1. The summed E-state index contributed by atoms with van der Waals surface area (Å²) >= 11 is 11.9. The maximum absolute atomic E-state index is 12.7. The van der Waals surface area contributed by atoms with Gasteiger partial charge in [-0.3, -0.25) is 9.59 Å². The Labute approximate surface area is 171 Å². The molecule has 3 N–H and O–H groups in total. The van der Waals surface area contributed by atoms with Gasteiger partial charge in [-0.25, -0.2) is 4.98 Å². The minimum atomic E-state index is -0.479. The molecule has 1 aromatic heterocycles. The van der Waals surface area contributed by atoms with Crippen molar-refractivity contribution in [3.05, 3.63) is 57.6 Å². The van der Waals surface area contributed by atoms with E-state index in [0.29, 0.717) is 53.3 Å². The Morgan fingerprint density at radius 3 is 2.36 bits per heavy atom. The second kappa shape index (κ2) is 7.33. The number of hydrogen-bond donors (Lipinski definition) is 2. The monoisotopic (exact) mass is 417 g/mol. The van der Waals surface area contributed by atoms with Gasteiger partial charge in [0.15, 0.2) is 0 Å². The van der Waals surface area contributed by atoms with Crippen LogP contribution in [-0.4, -0.2) is 52.9 Å². The quantitative estimate of drug-likeness (QED) is 0.684. The molecule has 1 fully saturated rings. The number of benzene rings is 2. The lowest BCUT2D eigenvalue weighted by molar-refractivity contribution is 0.0746. The Balaban J connectivity index is 1.46. The minimum Gasteiger partial charge on any atom is -0.366 e. The van der Waals surface area contributed by atoms with E-state index in [4.69, 9.17) is 28.9 Å². The summed E-state index contributed by atoms with van der Waals surface area (Å²) in [5.74, 6) is 0.152. The van der Waals surface area contributed by atoms with Crippen LogP contribution in [-0.2, 0) is 0 Å². The highest BCUT2D eigenvalue weighted by atomic mass is 35.5. The maximum Gasteiger partial charge on any atom is 0.254 e. The number of anilines is 1. The molecule has 0 spiro atoms. The molecule has 28 heavy (non-hydrogen) atoms. The molecule has 0 unspecified atom stereocenters. The topological polar surface area (TPSA) is 95.3 Å². The van der Waals surface area contributed by atoms with E-state index in [0.717, 1.165) is 11.0 Å². The Morgan fingerprint density at radius 2 is 1.68 bits per heavy atom. The molecule has 2 amide bonds. The third kappa shape index (κ3) is 3.50. The van der Waals surface area contributed by atoms with Crippen LogP contribution in [0.3, 0.4) is 0 Å². The summed E-state index contributed by atoms with van der Waals surface area (Å²) in [4.78, 5) is 35.7. The summed E-state index contributed by atoms with van der Waals surface area (Å²) in [7, 11) is 0. The molecule has 3 aromatic rings. The molecule has 0 bridgehead atoms. The summed E-state index contributed by atoms with van der Waals surface area (Å²) < 4.78 is 0. The lowest BCUT2D eigenvalue weighted by atomic mass is 10.2. The van der Waals surface area contributed by atoms with Gasteiger partial charge in [0.2, 0.25) is 11.9 Å². The van der Waals surface area contributed by atoms with Crippen molar-refractivity contribution in [3.8, 4) is 0 Å². The van der Waals surface area contributed by atoms with E-state index in [-0.39, 0.29) is 5.91 Å². The fourth-order valence-electron chi connectivity index (χ4n) is 3.23. The molecule has 0 radical (unpaired) electrons. The zero-order chi connectivity index (χ0) is 19.8. The highest BCUT2D eigenvalue weighted by Crippen LogP contribution is 2.24. The second-order valence-electron chi connectivity index (χ2n) is 6.56. The van der Waals surface area contributed by atoms with E-state index in [2.05, 4.69) is 14.9 Å². The van der Waals surface area contributed by atoms with E-state index in [1.165, 1.54) is 0 Å². The van der Waals surface area contributed by atoms with Gasteiger partial charge in [-0.05, 0) is 36.4 Å². The second-order valence-corrected chi connectivity index (χ2v) is 7.38. The molecule has 2 aromatic carbocycles. The number of rotatable bonds is 3. The Bertz CT molecular complexity index is 1070. The molecular formula is C19H17Cl2N5O2. The standard InChI is InChI=1S/C19H17Cl2N5O2/c20-13-3-1-12(9-14(13)21)18(28)25-5-7-26(8-6-25)19-23-15-4-2-11(17(22)27)10-16(15)24-19/h1-4,9-10H,5-8H2,(H2,22,27)(H,23,24). The van der Waals surface area contributed by atoms with Gasteiger partial charge in [0.25, 0.3) is 5.91 Å². The Morgan fingerprint density at radius 1 is 0.964 bits per heavy atom. The van der Waals surface area contributed by atoms with Gasteiger partial charge in [0, 0.05) is 37.3 Å². The van der Waals surface area contributed by atoms with Gasteiger partial charge in [-0.2, -0.15) is 0 Å². The molecule has 1 aliphatic heterocycles. The number of amides is 2. The molecule has 0 atom stereocenters. The lowest BCUT2D eigenvalue weighted by Crippen LogP contribution is -2.49. The van der Waals surface area contributed by atoms with Crippen molar-refractivity contribution < 1.29 is 9.59 Å². The van der Waals surface area contributed by atoms with Crippen molar-refractivity contribution >= 4 is 52.0 Å². The van der Waals surface area contributed by atoms with Crippen molar-refractivity contribution in [1.82, 2.24) is 14.9 Å². The smallest absolute Gasteiger partial charge is 0.254 e. The summed E-state index contributed by atoms with van der Waals surface area (Å²) in [6.45, 7) is 2.39. The normalized spacial score (nSPS) is 14.5. The van der Waals surface area contributed by atoms with Crippen molar-refractivity contribution in [2.24, 2.45) is 5.73 Å². The molecule has 9 heteroatoms. The van der Waals surface area contributed by atoms with E-state index >= 15 is 0 Å². The molecule has 0 saturated carbocycles. The lowest BCUT2D eigenvalue weighted by Gasteiger charge is -2.34. The van der Waals surface area contributed by atoms with E-state index in [1.807, 2.05) is 0 Å². The number of primary amides is 1. The van der Waals surface area contributed by atoms with Gasteiger partial charge >= 0.3 is 0 Å². The zero-order valence-corrected chi connectivity index (χ0v) is 16.3. The number of nitrogens with one attached hydrogen (secondary N) is 1. The number of nitrogens with zero attached hydrogens (tertiary/aromatic N) is 3. The third-order valence-corrected chi connectivity index (χ3v) is 5.53. The average molecular weight is 418 g/mol. The first kappa shape index (κ1) is 18.6. The highest BCUT2D eigenvalue weighted by molar-refractivity contribution is 6.42. The minimum absolute atomic E-state index is 0.0751. The third-order valence-electron chi connectivity index (χ3n) is 4.79. The number of piperazine rings is 1. The fraction of sp³-hybridized carbons (Fsp3) is 0.211. The van der Waals surface area contributed by atoms with Gasteiger partial charge in [0.1, 0.15) is 0 Å². The summed E-state index contributed by atoms with van der Waals surface area (Å²) in [6, 6.07) is 10.0. The number of H-pyrrole nitrogens is 1. The first-order valence-electron chi connectivity index (χ1n) is 8.71. The number of carbonyl (C=O) groups excluding carboxylic acids is 2. The van der Waals surface area contributed by atoms with Crippen molar-refractivity contribution in [1.29, 1.82) is 0 Å². The van der Waals surface area contributed by atoms with Gasteiger partial charge in [0.05, 0.1) is 21.1 Å². The first-order valence-corrected chi connectivity index (χ1v) is 9.47. The van der Waals surface area contributed by atoms with Gasteiger partial charge < -0.3 is 20.5 Å². The van der Waals surface area contributed by atoms with Crippen molar-refractivity contribution in [2.45, 2.75) is 0 Å². The fourth-order valence-corrected chi connectivity index (χ4v) is 3.53. The maximum atomic E-state index is 12.7. The largest absolute Gasteiger partial charge is 0.366 e. The van der Waals surface area contributed by atoms with Crippen molar-refractivity contribution in [3.63, 3.8) is 0 Å². The SMILES string of the molecule is NC(=O)c1ccc2nc(N3CCN(C(=O)c4ccc(Cl)c(Cl)c4)CC3)[nH]c2c1. The molecule has 1 saturated heterocycles. The highest BCUT2D eigenvalue weighted by Gasteiger charge is 2.24. The zero-order valence-electron chi connectivity index (χ0n) is 14.8. The first-order chi connectivity index (χ1) is 13.4. The van der Waals surface area contributed by atoms with Crippen LogP contribution in [0.4, 0.5) is 5.95 Å². The van der Waals surface area contributed by atoms with Crippen LogP contribution in [0.2, 0.25) is 10.0 Å². The summed E-state index contributed by atoms with van der Waals surface area (Å²) in [5, 5.41) is 0.788. The summed E-state index contributed by atoms with van der Waals surface area (Å²) in [6.07, 6.45) is 0. The van der Waals surface area contributed by atoms with E-state index < -0.39 is 5.91 Å². The molecule has 2 heterocycles. The Hall–Kier alpha value is -2.77. The number of carbonyl (C=O) groups is 2. The number of hydrogen-bond acceptors (Lipinski definition) is 4. The van der Waals surface area contributed by atoms with Crippen LogP contribution >= 0.6 is 23.2 Å².